The van der Waals surface area contributed by atoms with E-state index in [1.54, 1.807) is 0 Å². The van der Waals surface area contributed by atoms with Crippen LogP contribution in [-0.2, 0) is 0 Å². The van der Waals surface area contributed by atoms with Gasteiger partial charge in [-0.3, -0.25) is 5.41 Å². The summed E-state index contributed by atoms with van der Waals surface area (Å²) in [5.74, 6) is 0.857. The molecule has 0 atom stereocenters. The van der Waals surface area contributed by atoms with Crippen molar-refractivity contribution >= 4 is 29.2 Å². The number of hydrogen-bond donors (Lipinski definition) is 3. The van der Waals surface area contributed by atoms with Gasteiger partial charge in [0.15, 0.2) is 12.0 Å². The van der Waals surface area contributed by atoms with Gasteiger partial charge in [-0.15, -0.1) is 10.2 Å². The standard InChI is InChI=1S/C23H31ClN6/c1-22(2)11-17(12-23(3,4)29-22)30(5)21-9-8-20(27-28-21)18-7-6-15(10-19(18)24)16(13-25)14-26/h6-10,13-14,17,25,29H,11-12,26H2,1-5H3/p+1. The SMILES string of the molecule is CN(c1ccc(-c2ccc(C(C=[NH2+])=CN)cc2Cl)nn1)C1CC(C)(C)NC(C)(C)C1. The van der Waals surface area contributed by atoms with Gasteiger partial charge < -0.3 is 16.0 Å². The fourth-order valence-electron chi connectivity index (χ4n) is 4.54. The lowest BCUT2D eigenvalue weighted by Crippen LogP contribution is -2.62. The van der Waals surface area contributed by atoms with Crippen LogP contribution in [0.4, 0.5) is 5.82 Å². The van der Waals surface area contributed by atoms with Crippen molar-refractivity contribution in [3.63, 3.8) is 0 Å². The second-order valence-corrected chi connectivity index (χ2v) is 9.73. The highest BCUT2D eigenvalue weighted by atomic mass is 35.5. The quantitative estimate of drug-likeness (QED) is 0.638. The molecule has 1 saturated heterocycles. The number of nitrogens with two attached hydrogens (primary N) is 2. The minimum absolute atomic E-state index is 0.0705. The molecule has 0 radical (unpaired) electrons. The maximum Gasteiger partial charge on any atom is 0.169 e. The van der Waals surface area contributed by atoms with Gasteiger partial charge >= 0.3 is 0 Å². The Kier molecular flexibility index (Phi) is 6.20. The second-order valence-electron chi connectivity index (χ2n) is 9.33. The summed E-state index contributed by atoms with van der Waals surface area (Å²) in [6.45, 7) is 9.01. The van der Waals surface area contributed by atoms with E-state index in [2.05, 4.69) is 55.2 Å². The van der Waals surface area contributed by atoms with Gasteiger partial charge in [-0.05, 0) is 64.3 Å². The van der Waals surface area contributed by atoms with Crippen molar-refractivity contribution < 1.29 is 5.41 Å². The molecule has 2 heterocycles. The molecule has 6 nitrogen and oxygen atoms in total. The Morgan fingerprint density at radius 1 is 1.17 bits per heavy atom. The zero-order valence-electron chi connectivity index (χ0n) is 18.4. The van der Waals surface area contributed by atoms with Crippen molar-refractivity contribution in [1.82, 2.24) is 15.5 Å². The van der Waals surface area contributed by atoms with Crippen molar-refractivity contribution in [1.29, 1.82) is 0 Å². The molecule has 0 spiro atoms. The Bertz CT molecular complexity index is 933. The largest absolute Gasteiger partial charge is 0.404 e. The van der Waals surface area contributed by atoms with Crippen molar-refractivity contribution in [2.75, 3.05) is 11.9 Å². The third-order valence-electron chi connectivity index (χ3n) is 5.67. The van der Waals surface area contributed by atoms with E-state index < -0.39 is 0 Å². The van der Waals surface area contributed by atoms with E-state index in [-0.39, 0.29) is 11.1 Å². The van der Waals surface area contributed by atoms with Gasteiger partial charge in [0.25, 0.3) is 0 Å². The van der Waals surface area contributed by atoms with E-state index in [4.69, 9.17) is 22.7 Å². The molecule has 160 valence electrons. The predicted molar refractivity (Wildman–Crippen MR) is 125 cm³/mol. The van der Waals surface area contributed by atoms with Gasteiger partial charge in [0.05, 0.1) is 16.3 Å². The first kappa shape index (κ1) is 22.2. The molecule has 2 aromatic rings. The summed E-state index contributed by atoms with van der Waals surface area (Å²) in [7, 11) is 2.09. The molecule has 0 saturated carbocycles. The molecule has 1 aliphatic rings. The van der Waals surface area contributed by atoms with Crippen molar-refractivity contribution in [2.24, 2.45) is 5.73 Å². The number of nitrogens with one attached hydrogen (secondary N) is 1. The Balaban J connectivity index is 1.82. The van der Waals surface area contributed by atoms with Gasteiger partial charge in [-0.25, -0.2) is 0 Å². The van der Waals surface area contributed by atoms with Crippen LogP contribution < -0.4 is 21.4 Å². The Morgan fingerprint density at radius 2 is 1.83 bits per heavy atom. The van der Waals surface area contributed by atoms with Crippen molar-refractivity contribution in [2.45, 2.75) is 57.7 Å². The number of aromatic nitrogens is 2. The number of rotatable bonds is 5. The number of allylic oxidation sites excluding steroid dienone is 1. The first-order valence-electron chi connectivity index (χ1n) is 10.2. The van der Waals surface area contributed by atoms with E-state index in [1.165, 1.54) is 12.4 Å². The normalized spacial score (nSPS) is 18.8. The molecular formula is C23H32ClN6+. The van der Waals surface area contributed by atoms with Crippen LogP contribution in [-0.4, -0.2) is 40.6 Å². The average molecular weight is 428 g/mol. The van der Waals surface area contributed by atoms with Gasteiger partial charge in [0.2, 0.25) is 0 Å². The molecule has 3 rings (SSSR count). The average Bonchev–Trinajstić information content (AvgIpc) is 2.66. The summed E-state index contributed by atoms with van der Waals surface area (Å²) >= 11 is 6.50. The number of hydrogen-bond acceptors (Lipinski definition) is 5. The van der Waals surface area contributed by atoms with E-state index >= 15 is 0 Å². The molecule has 1 aromatic heterocycles. The maximum absolute atomic E-state index is 6.50. The lowest BCUT2D eigenvalue weighted by molar-refractivity contribution is -0.103. The number of piperidine rings is 1. The lowest BCUT2D eigenvalue weighted by atomic mass is 9.79. The minimum atomic E-state index is 0.0705. The molecule has 5 N–H and O–H groups in total. The summed E-state index contributed by atoms with van der Waals surface area (Å²) in [5.41, 5.74) is 8.87. The summed E-state index contributed by atoms with van der Waals surface area (Å²) in [4.78, 5) is 2.24. The summed E-state index contributed by atoms with van der Waals surface area (Å²) < 4.78 is 0. The van der Waals surface area contributed by atoms with E-state index in [0.29, 0.717) is 11.1 Å². The topological polar surface area (TPSA) is 92.7 Å². The van der Waals surface area contributed by atoms with Crippen LogP contribution in [0.5, 0.6) is 0 Å². The molecule has 0 amide bonds. The van der Waals surface area contributed by atoms with Crippen LogP contribution in [0.1, 0.15) is 46.1 Å². The molecule has 7 heteroatoms. The molecule has 1 fully saturated rings. The molecule has 1 aromatic carbocycles. The van der Waals surface area contributed by atoms with Crippen LogP contribution in [0.3, 0.4) is 0 Å². The summed E-state index contributed by atoms with van der Waals surface area (Å²) in [5, 5.41) is 18.9. The summed E-state index contributed by atoms with van der Waals surface area (Å²) in [6.07, 6.45) is 5.00. The lowest BCUT2D eigenvalue weighted by Gasteiger charge is -2.49. The number of benzene rings is 1. The third-order valence-corrected chi connectivity index (χ3v) is 5.98. The van der Waals surface area contributed by atoms with Crippen LogP contribution in [0, 0.1) is 0 Å². The van der Waals surface area contributed by atoms with Crippen LogP contribution >= 0.6 is 11.6 Å². The van der Waals surface area contributed by atoms with Gasteiger partial charge in [-0.1, -0.05) is 23.7 Å². The number of halogens is 1. The monoisotopic (exact) mass is 427 g/mol. The second kappa shape index (κ2) is 8.36. The maximum atomic E-state index is 6.50. The Labute approximate surface area is 184 Å². The number of anilines is 1. The first-order valence-corrected chi connectivity index (χ1v) is 10.6. The van der Waals surface area contributed by atoms with Crippen molar-refractivity contribution in [3.8, 4) is 11.3 Å². The molecule has 30 heavy (non-hydrogen) atoms. The highest BCUT2D eigenvalue weighted by molar-refractivity contribution is 6.33. The predicted octanol–water partition coefficient (Wildman–Crippen LogP) is 2.67. The molecule has 0 bridgehead atoms. The van der Waals surface area contributed by atoms with Crippen LogP contribution in [0.15, 0.2) is 36.5 Å². The van der Waals surface area contributed by atoms with Crippen molar-refractivity contribution in [3.05, 3.63) is 47.1 Å². The Hall–Kier alpha value is -2.44. The molecular weight excluding hydrogens is 396 g/mol. The third kappa shape index (κ3) is 4.82. The highest BCUT2D eigenvalue weighted by Gasteiger charge is 2.39. The molecule has 0 aliphatic carbocycles. The highest BCUT2D eigenvalue weighted by Crippen LogP contribution is 2.33. The Morgan fingerprint density at radius 3 is 2.33 bits per heavy atom. The van der Waals surface area contributed by atoms with Gasteiger partial charge in [0, 0.05) is 35.9 Å². The van der Waals surface area contributed by atoms with Crippen LogP contribution in [0.25, 0.3) is 16.8 Å². The smallest absolute Gasteiger partial charge is 0.169 e. The molecule has 0 unspecified atom stereocenters. The van der Waals surface area contributed by atoms with Crippen LogP contribution in [0.2, 0.25) is 5.02 Å². The van der Waals surface area contributed by atoms with E-state index in [1.807, 2.05) is 30.3 Å². The van der Waals surface area contributed by atoms with Gasteiger partial charge in [0.1, 0.15) is 0 Å². The van der Waals surface area contributed by atoms with E-state index in [0.717, 1.165) is 41.1 Å². The minimum Gasteiger partial charge on any atom is -0.404 e. The number of nitrogens with zero attached hydrogens (tertiary/aromatic N) is 3. The fraction of sp³-hybridized carbons (Fsp3) is 0.435. The van der Waals surface area contributed by atoms with Gasteiger partial charge in [-0.2, -0.15) is 0 Å². The zero-order valence-corrected chi connectivity index (χ0v) is 19.2. The van der Waals surface area contributed by atoms with E-state index in [9.17, 15) is 0 Å². The first-order chi connectivity index (χ1) is 14.0. The molecule has 1 aliphatic heterocycles. The summed E-state index contributed by atoms with van der Waals surface area (Å²) in [6, 6.07) is 10.0. The zero-order chi connectivity index (χ0) is 22.1. The fourth-order valence-corrected chi connectivity index (χ4v) is 4.81.